The van der Waals surface area contributed by atoms with Gasteiger partial charge >= 0.3 is 5.97 Å². The number of rotatable bonds is 5. The highest BCUT2D eigenvalue weighted by Crippen LogP contribution is 2.18. The molecule has 1 N–H and O–H groups in total. The maximum atomic E-state index is 12.7. The predicted octanol–water partition coefficient (Wildman–Crippen LogP) is 5.03. The highest BCUT2D eigenvalue weighted by molar-refractivity contribution is 5.99. The van der Waals surface area contributed by atoms with Crippen LogP contribution in [0.25, 0.3) is 0 Å². The molecule has 6 heteroatoms. The molecule has 1 rings (SSSR count). The average Bonchev–Trinajstić information content (AvgIpc) is 2.69. The Morgan fingerprint density at radius 3 is 1.41 bits per heavy atom. The molecular formula is C23H39NO5. The SMILES string of the molecule is O=CCC[C@@H](C(=O)O)N1C(=O)CCCCCCCCCCCCCCCCC1=O. The van der Waals surface area contributed by atoms with E-state index in [0.29, 0.717) is 19.1 Å². The molecular weight excluding hydrogens is 370 g/mol. The lowest BCUT2D eigenvalue weighted by atomic mass is 10.0. The zero-order valence-electron chi connectivity index (χ0n) is 17.9. The number of hydrogen-bond donors (Lipinski definition) is 1. The quantitative estimate of drug-likeness (QED) is 0.508. The molecule has 1 aliphatic rings. The molecule has 1 fully saturated rings. The highest BCUT2D eigenvalue weighted by atomic mass is 16.4. The molecule has 0 aromatic rings. The van der Waals surface area contributed by atoms with E-state index in [4.69, 9.17) is 0 Å². The van der Waals surface area contributed by atoms with Gasteiger partial charge < -0.3 is 9.90 Å². The first kappa shape index (κ1) is 25.3. The van der Waals surface area contributed by atoms with E-state index in [2.05, 4.69) is 0 Å². The summed E-state index contributed by atoms with van der Waals surface area (Å²) in [4.78, 5) is 48.8. The van der Waals surface area contributed by atoms with Gasteiger partial charge in [0, 0.05) is 19.3 Å². The topological polar surface area (TPSA) is 91.8 Å². The van der Waals surface area contributed by atoms with Crippen molar-refractivity contribution in [1.29, 1.82) is 0 Å². The Morgan fingerprint density at radius 2 is 1.10 bits per heavy atom. The van der Waals surface area contributed by atoms with Crippen LogP contribution in [0.4, 0.5) is 0 Å². The summed E-state index contributed by atoms with van der Waals surface area (Å²) in [6.07, 6.45) is 16.3. The molecule has 0 unspecified atom stereocenters. The Hall–Kier alpha value is -1.72. The van der Waals surface area contributed by atoms with Crippen molar-refractivity contribution >= 4 is 24.1 Å². The van der Waals surface area contributed by atoms with Crippen molar-refractivity contribution in [2.24, 2.45) is 0 Å². The number of carbonyl (C=O) groups is 4. The van der Waals surface area contributed by atoms with Crippen LogP contribution >= 0.6 is 0 Å². The second kappa shape index (κ2) is 16.1. The molecule has 0 bridgehead atoms. The van der Waals surface area contributed by atoms with E-state index in [1.54, 1.807) is 0 Å². The van der Waals surface area contributed by atoms with E-state index in [1.807, 2.05) is 0 Å². The molecule has 0 aromatic carbocycles. The number of nitrogens with zero attached hydrogens (tertiary/aromatic N) is 1. The van der Waals surface area contributed by atoms with Gasteiger partial charge in [-0.25, -0.2) is 4.79 Å². The van der Waals surface area contributed by atoms with Crippen molar-refractivity contribution in [3.63, 3.8) is 0 Å². The maximum absolute atomic E-state index is 12.7. The van der Waals surface area contributed by atoms with E-state index in [0.717, 1.165) is 43.4 Å². The van der Waals surface area contributed by atoms with E-state index < -0.39 is 23.8 Å². The summed E-state index contributed by atoms with van der Waals surface area (Å²) in [6, 6.07) is -1.24. The fourth-order valence-corrected chi connectivity index (χ4v) is 3.99. The Balaban J connectivity index is 2.74. The Bertz CT molecular complexity index is 475. The zero-order valence-corrected chi connectivity index (χ0v) is 17.9. The summed E-state index contributed by atoms with van der Waals surface area (Å²) < 4.78 is 0. The molecule has 0 saturated carbocycles. The number of aldehydes is 1. The van der Waals surface area contributed by atoms with Gasteiger partial charge in [0.25, 0.3) is 0 Å². The number of carboxylic acids is 1. The van der Waals surface area contributed by atoms with E-state index >= 15 is 0 Å². The fourth-order valence-electron chi connectivity index (χ4n) is 3.99. The van der Waals surface area contributed by atoms with Gasteiger partial charge in [-0.2, -0.15) is 0 Å². The molecule has 1 atom stereocenters. The van der Waals surface area contributed by atoms with Crippen molar-refractivity contribution < 1.29 is 24.3 Å². The van der Waals surface area contributed by atoms with Crippen LogP contribution in [0.15, 0.2) is 0 Å². The van der Waals surface area contributed by atoms with Crippen molar-refractivity contribution in [2.45, 2.75) is 122 Å². The van der Waals surface area contributed by atoms with Gasteiger partial charge in [0.05, 0.1) is 0 Å². The smallest absolute Gasteiger partial charge is 0.326 e. The normalized spacial score (nSPS) is 20.9. The van der Waals surface area contributed by atoms with Crippen LogP contribution in [-0.2, 0) is 19.2 Å². The van der Waals surface area contributed by atoms with Crippen LogP contribution in [0, 0.1) is 0 Å². The number of imide groups is 1. The summed E-state index contributed by atoms with van der Waals surface area (Å²) in [5.74, 6) is -2.04. The maximum Gasteiger partial charge on any atom is 0.326 e. The van der Waals surface area contributed by atoms with Gasteiger partial charge in [0.15, 0.2) is 0 Å². The Labute approximate surface area is 175 Å². The van der Waals surface area contributed by atoms with Gasteiger partial charge in [-0.3, -0.25) is 14.5 Å². The first-order chi connectivity index (χ1) is 14.1. The number of hydrogen-bond acceptors (Lipinski definition) is 4. The Morgan fingerprint density at radius 1 is 0.759 bits per heavy atom. The zero-order chi connectivity index (χ0) is 21.3. The van der Waals surface area contributed by atoms with Gasteiger partial charge in [-0.05, 0) is 19.3 Å². The molecule has 0 radical (unpaired) electrons. The van der Waals surface area contributed by atoms with Gasteiger partial charge in [-0.1, -0.05) is 77.0 Å². The average molecular weight is 410 g/mol. The van der Waals surface area contributed by atoms with Crippen LogP contribution in [0.5, 0.6) is 0 Å². The molecule has 0 spiro atoms. The second-order valence-electron chi connectivity index (χ2n) is 8.21. The van der Waals surface area contributed by atoms with Crippen molar-refractivity contribution in [3.05, 3.63) is 0 Å². The molecule has 1 heterocycles. The molecule has 6 nitrogen and oxygen atoms in total. The summed E-state index contributed by atoms with van der Waals surface area (Å²) in [6.45, 7) is 0. The van der Waals surface area contributed by atoms with Gasteiger partial charge in [-0.15, -0.1) is 0 Å². The monoisotopic (exact) mass is 409 g/mol. The van der Waals surface area contributed by atoms with E-state index in [1.165, 1.54) is 38.5 Å². The number of aliphatic carboxylic acids is 1. The lowest BCUT2D eigenvalue weighted by molar-refractivity contribution is -0.158. The molecule has 0 aliphatic carbocycles. The third-order valence-electron chi connectivity index (χ3n) is 5.72. The number of carbonyl (C=O) groups excluding carboxylic acids is 3. The van der Waals surface area contributed by atoms with E-state index in [-0.39, 0.29) is 25.7 Å². The summed E-state index contributed by atoms with van der Waals surface area (Å²) >= 11 is 0. The van der Waals surface area contributed by atoms with Crippen LogP contribution < -0.4 is 0 Å². The summed E-state index contributed by atoms with van der Waals surface area (Å²) in [5, 5.41) is 9.55. The van der Waals surface area contributed by atoms with Crippen LogP contribution in [0.2, 0.25) is 0 Å². The van der Waals surface area contributed by atoms with Gasteiger partial charge in [0.1, 0.15) is 12.3 Å². The van der Waals surface area contributed by atoms with Crippen molar-refractivity contribution in [1.82, 2.24) is 4.90 Å². The largest absolute Gasteiger partial charge is 0.480 e. The first-order valence-electron chi connectivity index (χ1n) is 11.6. The first-order valence-corrected chi connectivity index (χ1v) is 11.6. The van der Waals surface area contributed by atoms with E-state index in [9.17, 15) is 24.3 Å². The van der Waals surface area contributed by atoms with Crippen LogP contribution in [-0.4, -0.2) is 40.1 Å². The van der Waals surface area contributed by atoms with Gasteiger partial charge in [0.2, 0.25) is 11.8 Å². The minimum Gasteiger partial charge on any atom is -0.480 e. The van der Waals surface area contributed by atoms with Crippen molar-refractivity contribution in [2.75, 3.05) is 0 Å². The summed E-state index contributed by atoms with van der Waals surface area (Å²) in [7, 11) is 0. The molecule has 2 amide bonds. The predicted molar refractivity (Wildman–Crippen MR) is 112 cm³/mol. The summed E-state index contributed by atoms with van der Waals surface area (Å²) in [5.41, 5.74) is 0. The molecule has 166 valence electrons. The van der Waals surface area contributed by atoms with Crippen LogP contribution in [0.1, 0.15) is 116 Å². The fraction of sp³-hybridized carbons (Fsp3) is 0.826. The molecule has 1 saturated heterocycles. The minimum atomic E-state index is -1.24. The molecule has 29 heavy (non-hydrogen) atoms. The lowest BCUT2D eigenvalue weighted by Crippen LogP contribution is -2.48. The lowest BCUT2D eigenvalue weighted by Gasteiger charge is -2.27. The van der Waals surface area contributed by atoms with Crippen LogP contribution in [0.3, 0.4) is 0 Å². The molecule has 0 aromatic heterocycles. The second-order valence-corrected chi connectivity index (χ2v) is 8.21. The third-order valence-corrected chi connectivity index (χ3v) is 5.72. The Kier molecular flexibility index (Phi) is 14.1. The minimum absolute atomic E-state index is 0.0175. The highest BCUT2D eigenvalue weighted by Gasteiger charge is 2.33. The van der Waals surface area contributed by atoms with Crippen molar-refractivity contribution in [3.8, 4) is 0 Å². The molecule has 1 aliphatic heterocycles. The number of amides is 2. The standard InChI is InChI=1S/C23H39NO5/c25-19-15-16-20(23(28)29)24-21(26)17-13-11-9-7-5-3-1-2-4-6-8-10-12-14-18-22(24)27/h19-20H,1-18H2,(H,28,29)/t20-/m0/s1. The third kappa shape index (κ3) is 11.1. The number of carboxylic acid groups (broad SMARTS) is 1.